The van der Waals surface area contributed by atoms with E-state index in [1.807, 2.05) is 0 Å². The van der Waals surface area contributed by atoms with Crippen molar-refractivity contribution in [1.82, 2.24) is 0 Å². The zero-order chi connectivity index (χ0) is 10.0. The highest BCUT2D eigenvalue weighted by atomic mass is 35.5. The molecule has 0 radical (unpaired) electrons. The van der Waals surface area contributed by atoms with E-state index < -0.39 is 18.0 Å². The fourth-order valence-electron chi connectivity index (χ4n) is 1.03. The molecule has 3 N–H and O–H groups in total. The van der Waals surface area contributed by atoms with Crippen LogP contribution in [-0.2, 0) is 0 Å². The molecule has 0 saturated heterocycles. The maximum atomic E-state index is 12.6. The van der Waals surface area contributed by atoms with Gasteiger partial charge in [-0.1, -0.05) is 17.7 Å². The molecule has 5 heteroatoms. The number of aliphatic hydroxyl groups is 1. The summed E-state index contributed by atoms with van der Waals surface area (Å²) in [6, 6.07) is 3.35. The molecular formula is C9H12Cl2FNO. The van der Waals surface area contributed by atoms with Crippen molar-refractivity contribution in [2.45, 2.75) is 19.1 Å². The Bertz CT molecular complexity index is 307. The third-order valence-corrected chi connectivity index (χ3v) is 2.17. The van der Waals surface area contributed by atoms with Crippen LogP contribution in [0.3, 0.4) is 0 Å². The summed E-state index contributed by atoms with van der Waals surface area (Å²) >= 11 is 5.74. The van der Waals surface area contributed by atoms with Crippen LogP contribution in [0.15, 0.2) is 18.2 Å². The predicted octanol–water partition coefficient (Wildman–Crippen LogP) is 2.28. The van der Waals surface area contributed by atoms with Gasteiger partial charge in [0.05, 0.1) is 12.1 Å². The molecule has 0 aliphatic rings. The quantitative estimate of drug-likeness (QED) is 0.832. The fraction of sp³-hybridized carbons (Fsp3) is 0.333. The number of hydrogen-bond donors (Lipinski definition) is 2. The van der Waals surface area contributed by atoms with Gasteiger partial charge in [0.25, 0.3) is 0 Å². The zero-order valence-corrected chi connectivity index (χ0v) is 9.15. The van der Waals surface area contributed by atoms with Crippen LogP contribution in [0, 0.1) is 5.82 Å². The van der Waals surface area contributed by atoms with Crippen molar-refractivity contribution in [1.29, 1.82) is 0 Å². The number of aliphatic hydroxyl groups excluding tert-OH is 1. The molecule has 14 heavy (non-hydrogen) atoms. The summed E-state index contributed by atoms with van der Waals surface area (Å²) in [6.45, 7) is 1.56. The number of benzene rings is 1. The Morgan fingerprint density at radius 2 is 2.07 bits per heavy atom. The number of nitrogens with two attached hydrogens (primary N) is 1. The van der Waals surface area contributed by atoms with E-state index in [0.29, 0.717) is 5.56 Å². The lowest BCUT2D eigenvalue weighted by Gasteiger charge is -2.16. The van der Waals surface area contributed by atoms with Gasteiger partial charge in [-0.3, -0.25) is 0 Å². The predicted molar refractivity (Wildman–Crippen MR) is 57.3 cm³/mol. The van der Waals surface area contributed by atoms with E-state index in [0.717, 1.165) is 0 Å². The summed E-state index contributed by atoms with van der Waals surface area (Å²) in [5.41, 5.74) is 6.19. The molecule has 2 atom stereocenters. The van der Waals surface area contributed by atoms with Crippen molar-refractivity contribution < 1.29 is 9.50 Å². The van der Waals surface area contributed by atoms with Gasteiger partial charge in [0, 0.05) is 5.02 Å². The van der Waals surface area contributed by atoms with Gasteiger partial charge in [0.2, 0.25) is 0 Å². The SMILES string of the molecule is C[C@H](O)[C@H](N)c1ccc(F)cc1Cl.Cl. The van der Waals surface area contributed by atoms with Crippen molar-refractivity contribution in [2.24, 2.45) is 5.73 Å². The van der Waals surface area contributed by atoms with Crippen molar-refractivity contribution in [3.8, 4) is 0 Å². The van der Waals surface area contributed by atoms with Crippen LogP contribution in [0.25, 0.3) is 0 Å². The second-order valence-electron chi connectivity index (χ2n) is 2.93. The Morgan fingerprint density at radius 3 is 2.50 bits per heavy atom. The molecule has 0 fully saturated rings. The second kappa shape index (κ2) is 5.51. The standard InChI is InChI=1S/C9H11ClFNO.ClH/c1-5(13)9(12)7-3-2-6(11)4-8(7)10;/h2-5,9,13H,12H2,1H3;1H/t5-,9-;/m0./s1. The Hall–Kier alpha value is -0.350. The number of halogens is 3. The van der Waals surface area contributed by atoms with Gasteiger partial charge in [-0.05, 0) is 24.6 Å². The van der Waals surface area contributed by atoms with E-state index in [1.165, 1.54) is 18.2 Å². The molecule has 0 amide bonds. The first-order valence-electron chi connectivity index (χ1n) is 3.91. The van der Waals surface area contributed by atoms with E-state index in [9.17, 15) is 9.50 Å². The minimum absolute atomic E-state index is 0. The lowest BCUT2D eigenvalue weighted by molar-refractivity contribution is 0.164. The van der Waals surface area contributed by atoms with Crippen molar-refractivity contribution in [2.75, 3.05) is 0 Å². The van der Waals surface area contributed by atoms with Crippen LogP contribution in [0.4, 0.5) is 4.39 Å². The van der Waals surface area contributed by atoms with E-state index in [2.05, 4.69) is 0 Å². The van der Waals surface area contributed by atoms with Crippen LogP contribution in [0.1, 0.15) is 18.5 Å². The maximum Gasteiger partial charge on any atom is 0.124 e. The lowest BCUT2D eigenvalue weighted by Crippen LogP contribution is -2.23. The molecule has 0 aliphatic heterocycles. The van der Waals surface area contributed by atoms with Gasteiger partial charge in [-0.25, -0.2) is 4.39 Å². The van der Waals surface area contributed by atoms with Crippen LogP contribution in [-0.4, -0.2) is 11.2 Å². The summed E-state index contributed by atoms with van der Waals surface area (Å²) in [6.07, 6.45) is -0.706. The summed E-state index contributed by atoms with van der Waals surface area (Å²) in [5, 5.41) is 9.43. The van der Waals surface area contributed by atoms with Gasteiger partial charge in [-0.2, -0.15) is 0 Å². The van der Waals surface area contributed by atoms with Crippen molar-refractivity contribution >= 4 is 24.0 Å². The smallest absolute Gasteiger partial charge is 0.124 e. The summed E-state index contributed by atoms with van der Waals surface area (Å²) in [4.78, 5) is 0. The van der Waals surface area contributed by atoms with Crippen LogP contribution >= 0.6 is 24.0 Å². The molecule has 0 spiro atoms. The highest BCUT2D eigenvalue weighted by Gasteiger charge is 2.15. The lowest BCUT2D eigenvalue weighted by atomic mass is 10.0. The topological polar surface area (TPSA) is 46.2 Å². The fourth-order valence-corrected chi connectivity index (χ4v) is 1.32. The zero-order valence-electron chi connectivity index (χ0n) is 7.58. The van der Waals surface area contributed by atoms with E-state index >= 15 is 0 Å². The average molecular weight is 240 g/mol. The third-order valence-electron chi connectivity index (χ3n) is 1.84. The largest absolute Gasteiger partial charge is 0.391 e. The molecule has 0 saturated carbocycles. The highest BCUT2D eigenvalue weighted by molar-refractivity contribution is 6.31. The van der Waals surface area contributed by atoms with E-state index in [4.69, 9.17) is 17.3 Å². The molecule has 80 valence electrons. The van der Waals surface area contributed by atoms with E-state index in [-0.39, 0.29) is 17.4 Å². The highest BCUT2D eigenvalue weighted by Crippen LogP contribution is 2.24. The van der Waals surface area contributed by atoms with Gasteiger partial charge in [0.1, 0.15) is 5.82 Å². The molecule has 0 heterocycles. The van der Waals surface area contributed by atoms with Gasteiger partial charge in [0.15, 0.2) is 0 Å². The molecular weight excluding hydrogens is 228 g/mol. The molecule has 1 rings (SSSR count). The summed E-state index contributed by atoms with van der Waals surface area (Å²) in [5.74, 6) is -0.411. The molecule has 1 aromatic rings. The normalized spacial score (nSPS) is 14.4. The summed E-state index contributed by atoms with van der Waals surface area (Å²) in [7, 11) is 0. The number of rotatable bonds is 2. The molecule has 0 aliphatic carbocycles. The molecule has 1 aromatic carbocycles. The van der Waals surface area contributed by atoms with Crippen molar-refractivity contribution in [3.05, 3.63) is 34.6 Å². The monoisotopic (exact) mass is 239 g/mol. The van der Waals surface area contributed by atoms with Gasteiger partial charge < -0.3 is 10.8 Å². The first-order chi connectivity index (χ1) is 6.02. The molecule has 2 nitrogen and oxygen atoms in total. The molecule has 0 unspecified atom stereocenters. The third kappa shape index (κ3) is 3.10. The Kier molecular flexibility index (Phi) is 5.37. The van der Waals surface area contributed by atoms with Crippen LogP contribution in [0.2, 0.25) is 5.02 Å². The molecule has 0 bridgehead atoms. The van der Waals surface area contributed by atoms with Crippen molar-refractivity contribution in [3.63, 3.8) is 0 Å². The Balaban J connectivity index is 0.00000169. The first-order valence-corrected chi connectivity index (χ1v) is 4.28. The maximum absolute atomic E-state index is 12.6. The van der Waals surface area contributed by atoms with Crippen LogP contribution < -0.4 is 5.73 Å². The number of hydrogen-bond acceptors (Lipinski definition) is 2. The van der Waals surface area contributed by atoms with Crippen LogP contribution in [0.5, 0.6) is 0 Å². The van der Waals surface area contributed by atoms with E-state index in [1.54, 1.807) is 6.92 Å². The minimum Gasteiger partial charge on any atom is -0.391 e. The Labute approximate surface area is 93.3 Å². The average Bonchev–Trinajstić information content (AvgIpc) is 2.03. The van der Waals surface area contributed by atoms with Gasteiger partial charge in [-0.15, -0.1) is 12.4 Å². The summed E-state index contributed by atoms with van der Waals surface area (Å²) < 4.78 is 12.6. The first kappa shape index (κ1) is 13.7. The Morgan fingerprint density at radius 1 is 1.50 bits per heavy atom. The van der Waals surface area contributed by atoms with Gasteiger partial charge >= 0.3 is 0 Å². The molecule has 0 aromatic heterocycles. The minimum atomic E-state index is -0.706. The second-order valence-corrected chi connectivity index (χ2v) is 3.34.